The molecule has 3 heteroatoms. The molecule has 0 saturated carbocycles. The summed E-state index contributed by atoms with van der Waals surface area (Å²) in [6.07, 6.45) is 1.91. The van der Waals surface area contributed by atoms with Crippen molar-refractivity contribution in [3.05, 3.63) is 34.6 Å². The van der Waals surface area contributed by atoms with Crippen molar-refractivity contribution >= 4 is 11.6 Å². The fraction of sp³-hybridized carbons (Fsp3) is 0.571. The summed E-state index contributed by atoms with van der Waals surface area (Å²) < 4.78 is 12.9. The molecule has 0 aliphatic carbocycles. The third-order valence-corrected chi connectivity index (χ3v) is 3.36. The van der Waals surface area contributed by atoms with Gasteiger partial charge < -0.3 is 5.32 Å². The van der Waals surface area contributed by atoms with E-state index in [4.69, 9.17) is 11.6 Å². The summed E-state index contributed by atoms with van der Waals surface area (Å²) in [5.74, 6) is 0.319. The summed E-state index contributed by atoms with van der Waals surface area (Å²) in [6, 6.07) is 5.12. The summed E-state index contributed by atoms with van der Waals surface area (Å²) in [6.45, 7) is 7.50. The van der Waals surface area contributed by atoms with Crippen LogP contribution in [-0.4, -0.2) is 12.6 Å². The van der Waals surface area contributed by atoms with Crippen molar-refractivity contribution in [1.29, 1.82) is 0 Å². The second-order valence-corrected chi connectivity index (χ2v) is 5.09. The first-order chi connectivity index (χ1) is 8.04. The molecule has 0 fully saturated rings. The Morgan fingerprint density at radius 2 is 2.06 bits per heavy atom. The van der Waals surface area contributed by atoms with Crippen LogP contribution in [0.3, 0.4) is 0 Å². The van der Waals surface area contributed by atoms with E-state index in [0.717, 1.165) is 24.9 Å². The fourth-order valence-corrected chi connectivity index (χ4v) is 2.23. The summed E-state index contributed by atoms with van der Waals surface area (Å²) in [7, 11) is 0. The van der Waals surface area contributed by atoms with Crippen LogP contribution in [0.4, 0.5) is 4.39 Å². The average molecular weight is 258 g/mol. The Morgan fingerprint density at radius 3 is 2.59 bits per heavy atom. The van der Waals surface area contributed by atoms with Gasteiger partial charge in [-0.25, -0.2) is 4.39 Å². The van der Waals surface area contributed by atoms with Gasteiger partial charge in [0.05, 0.1) is 0 Å². The molecule has 0 bridgehead atoms. The van der Waals surface area contributed by atoms with E-state index in [1.54, 1.807) is 6.07 Å². The summed E-state index contributed by atoms with van der Waals surface area (Å²) >= 11 is 6.01. The Balaban J connectivity index is 2.59. The molecule has 1 aromatic carbocycles. The van der Waals surface area contributed by atoms with Crippen LogP contribution >= 0.6 is 11.6 Å². The van der Waals surface area contributed by atoms with Crippen molar-refractivity contribution in [2.45, 2.75) is 39.7 Å². The predicted molar refractivity (Wildman–Crippen MR) is 72.0 cm³/mol. The highest BCUT2D eigenvalue weighted by atomic mass is 35.5. The number of hydrogen-bond acceptors (Lipinski definition) is 1. The zero-order chi connectivity index (χ0) is 12.8. The molecule has 1 nitrogen and oxygen atoms in total. The molecular formula is C14H21ClFN. The maximum Gasteiger partial charge on any atom is 0.124 e. The molecule has 0 spiro atoms. The lowest BCUT2D eigenvalue weighted by Gasteiger charge is -2.21. The number of aryl methyl sites for hydroxylation is 1. The summed E-state index contributed by atoms with van der Waals surface area (Å²) in [4.78, 5) is 0. The van der Waals surface area contributed by atoms with Crippen LogP contribution in [0.5, 0.6) is 0 Å². The first-order valence-corrected chi connectivity index (χ1v) is 6.59. The Kier molecular flexibility index (Phi) is 5.93. The Morgan fingerprint density at radius 1 is 1.35 bits per heavy atom. The molecule has 0 aliphatic rings. The van der Waals surface area contributed by atoms with Gasteiger partial charge in [0, 0.05) is 11.1 Å². The van der Waals surface area contributed by atoms with Crippen LogP contribution in [-0.2, 0) is 6.42 Å². The maximum absolute atomic E-state index is 12.9. The molecular weight excluding hydrogens is 237 g/mol. The van der Waals surface area contributed by atoms with Crippen molar-refractivity contribution < 1.29 is 4.39 Å². The lowest BCUT2D eigenvalue weighted by molar-refractivity contribution is 0.385. The van der Waals surface area contributed by atoms with Crippen LogP contribution < -0.4 is 5.32 Å². The quantitative estimate of drug-likeness (QED) is 0.811. The number of hydrogen-bond donors (Lipinski definition) is 1. The van der Waals surface area contributed by atoms with Gasteiger partial charge in [0.1, 0.15) is 5.82 Å². The minimum Gasteiger partial charge on any atom is -0.314 e. The zero-order valence-electron chi connectivity index (χ0n) is 10.8. The van der Waals surface area contributed by atoms with E-state index in [1.807, 2.05) is 0 Å². The van der Waals surface area contributed by atoms with Crippen LogP contribution in [0, 0.1) is 11.7 Å². The minimum absolute atomic E-state index is 0.272. The highest BCUT2D eigenvalue weighted by Crippen LogP contribution is 2.20. The first-order valence-electron chi connectivity index (χ1n) is 6.22. The van der Waals surface area contributed by atoms with Crippen LogP contribution in [0.1, 0.15) is 32.8 Å². The highest BCUT2D eigenvalue weighted by molar-refractivity contribution is 6.31. The van der Waals surface area contributed by atoms with Crippen molar-refractivity contribution in [2.24, 2.45) is 5.92 Å². The van der Waals surface area contributed by atoms with Crippen molar-refractivity contribution in [3.8, 4) is 0 Å². The molecule has 1 N–H and O–H groups in total. The van der Waals surface area contributed by atoms with Crippen molar-refractivity contribution in [3.63, 3.8) is 0 Å². The van der Waals surface area contributed by atoms with Crippen molar-refractivity contribution in [1.82, 2.24) is 5.32 Å². The van der Waals surface area contributed by atoms with Crippen molar-refractivity contribution in [2.75, 3.05) is 6.54 Å². The van der Waals surface area contributed by atoms with E-state index in [-0.39, 0.29) is 5.82 Å². The van der Waals surface area contributed by atoms with Gasteiger partial charge in [0.25, 0.3) is 0 Å². The van der Waals surface area contributed by atoms with E-state index < -0.39 is 0 Å². The molecule has 1 rings (SSSR count). The normalized spacial score (nSPS) is 13.1. The van der Waals surface area contributed by atoms with E-state index in [1.165, 1.54) is 12.1 Å². The third kappa shape index (κ3) is 4.64. The molecule has 0 aromatic heterocycles. The van der Waals surface area contributed by atoms with Gasteiger partial charge in [0.15, 0.2) is 0 Å². The standard InChI is InChI=1S/C14H21ClFN/c1-4-17-14(10(2)3)8-6-11-5-7-12(16)9-13(11)15/h5,7,9-10,14,17H,4,6,8H2,1-3H3. The Labute approximate surface area is 108 Å². The maximum atomic E-state index is 12.9. The first kappa shape index (κ1) is 14.5. The van der Waals surface area contributed by atoms with Gasteiger partial charge in [0.2, 0.25) is 0 Å². The van der Waals surface area contributed by atoms with Gasteiger partial charge in [-0.15, -0.1) is 0 Å². The third-order valence-electron chi connectivity index (χ3n) is 3.01. The molecule has 0 aliphatic heterocycles. The fourth-order valence-electron chi connectivity index (χ4n) is 1.97. The average Bonchev–Trinajstić information content (AvgIpc) is 2.25. The van der Waals surface area contributed by atoms with Crippen LogP contribution in [0.2, 0.25) is 5.02 Å². The van der Waals surface area contributed by atoms with Crippen LogP contribution in [0.15, 0.2) is 18.2 Å². The smallest absolute Gasteiger partial charge is 0.124 e. The lowest BCUT2D eigenvalue weighted by atomic mass is 9.96. The Hall–Kier alpha value is -0.600. The second kappa shape index (κ2) is 6.97. The van der Waals surface area contributed by atoms with E-state index >= 15 is 0 Å². The number of rotatable bonds is 6. The molecule has 1 atom stereocenters. The number of halogens is 2. The van der Waals surface area contributed by atoms with Gasteiger partial charge >= 0.3 is 0 Å². The molecule has 1 aromatic rings. The van der Waals surface area contributed by atoms with Gasteiger partial charge in [-0.3, -0.25) is 0 Å². The molecule has 17 heavy (non-hydrogen) atoms. The highest BCUT2D eigenvalue weighted by Gasteiger charge is 2.12. The molecule has 0 amide bonds. The van der Waals surface area contributed by atoms with Crippen LogP contribution in [0.25, 0.3) is 0 Å². The topological polar surface area (TPSA) is 12.0 Å². The van der Waals surface area contributed by atoms with E-state index in [0.29, 0.717) is 17.0 Å². The molecule has 0 heterocycles. The largest absolute Gasteiger partial charge is 0.314 e. The van der Waals surface area contributed by atoms with E-state index in [2.05, 4.69) is 26.1 Å². The Bertz CT molecular complexity index is 352. The molecule has 0 saturated heterocycles. The summed E-state index contributed by atoms with van der Waals surface area (Å²) in [5, 5.41) is 4.00. The number of nitrogens with one attached hydrogen (secondary N) is 1. The summed E-state index contributed by atoms with van der Waals surface area (Å²) in [5.41, 5.74) is 1.02. The molecule has 1 unspecified atom stereocenters. The van der Waals surface area contributed by atoms with Gasteiger partial charge in [-0.2, -0.15) is 0 Å². The number of benzene rings is 1. The van der Waals surface area contributed by atoms with Gasteiger partial charge in [-0.1, -0.05) is 38.4 Å². The van der Waals surface area contributed by atoms with E-state index in [9.17, 15) is 4.39 Å². The molecule has 96 valence electrons. The lowest BCUT2D eigenvalue weighted by Crippen LogP contribution is -2.34. The zero-order valence-corrected chi connectivity index (χ0v) is 11.5. The predicted octanol–water partition coefficient (Wildman–Crippen LogP) is 4.05. The second-order valence-electron chi connectivity index (χ2n) is 4.68. The van der Waals surface area contributed by atoms with Gasteiger partial charge in [-0.05, 0) is 43.0 Å². The SMILES string of the molecule is CCNC(CCc1ccc(F)cc1Cl)C(C)C. The minimum atomic E-state index is -0.272. The monoisotopic (exact) mass is 257 g/mol. The molecule has 0 radical (unpaired) electrons.